The van der Waals surface area contributed by atoms with E-state index in [9.17, 15) is 4.79 Å². The average Bonchev–Trinajstić information content (AvgIpc) is 2.04. The van der Waals surface area contributed by atoms with Crippen LogP contribution in [0.25, 0.3) is 0 Å². The first-order valence-corrected chi connectivity index (χ1v) is 5.47. The predicted octanol–water partition coefficient (Wildman–Crippen LogP) is 1.93. The van der Waals surface area contributed by atoms with Crippen LogP contribution >= 0.6 is 31.9 Å². The number of alkyl halides is 2. The molecule has 64 valence electrons. The molecule has 0 radical (unpaired) electrons. The van der Waals surface area contributed by atoms with E-state index in [1.807, 2.05) is 0 Å². The summed E-state index contributed by atoms with van der Waals surface area (Å²) < 4.78 is 9.60. The van der Waals surface area contributed by atoms with E-state index in [-0.39, 0.29) is 12.0 Å². The minimum absolute atomic E-state index is 0.0596. The second-order valence-corrected chi connectivity index (χ2v) is 3.58. The van der Waals surface area contributed by atoms with Crippen LogP contribution < -0.4 is 0 Å². The van der Waals surface area contributed by atoms with Crippen LogP contribution in [-0.2, 0) is 9.47 Å². The number of halogens is 2. The average molecular weight is 288 g/mol. The smallest absolute Gasteiger partial charge is 0.434 e. The first-order valence-electron chi connectivity index (χ1n) is 3.23. The number of cyclic esters (lactones) is 2. The van der Waals surface area contributed by atoms with Crippen molar-refractivity contribution < 1.29 is 14.3 Å². The molecule has 0 saturated carbocycles. The van der Waals surface area contributed by atoms with Crippen molar-refractivity contribution in [2.45, 2.75) is 6.10 Å². The Labute approximate surface area is 81.7 Å². The zero-order valence-electron chi connectivity index (χ0n) is 5.76. The number of rotatable bonds is 2. The predicted molar refractivity (Wildman–Crippen MR) is 47.3 cm³/mol. The molecule has 5 heteroatoms. The number of hydrogen-bond donors (Lipinski definition) is 0. The highest BCUT2D eigenvalue weighted by atomic mass is 79.9. The highest BCUT2D eigenvalue weighted by molar-refractivity contribution is 9.09. The van der Waals surface area contributed by atoms with Gasteiger partial charge in [-0.15, -0.1) is 0 Å². The van der Waals surface area contributed by atoms with Crippen molar-refractivity contribution in [1.29, 1.82) is 0 Å². The largest absolute Gasteiger partial charge is 0.508 e. The Morgan fingerprint density at radius 2 is 2.18 bits per heavy atom. The minimum Gasteiger partial charge on any atom is -0.434 e. The molecule has 1 saturated heterocycles. The van der Waals surface area contributed by atoms with Crippen molar-refractivity contribution in [1.82, 2.24) is 0 Å². The van der Waals surface area contributed by atoms with Gasteiger partial charge in [-0.3, -0.25) is 0 Å². The Hall–Kier alpha value is 0.230. The summed E-state index contributed by atoms with van der Waals surface area (Å²) in [6.45, 7) is 0.445. The van der Waals surface area contributed by atoms with Crippen LogP contribution in [0.3, 0.4) is 0 Å². The normalized spacial score (nSPS) is 30.9. The van der Waals surface area contributed by atoms with Gasteiger partial charge < -0.3 is 9.47 Å². The second kappa shape index (κ2) is 4.30. The maximum Gasteiger partial charge on any atom is 0.508 e. The Bertz CT molecular complexity index is 151. The van der Waals surface area contributed by atoms with Crippen molar-refractivity contribution >= 4 is 38.0 Å². The van der Waals surface area contributed by atoms with Crippen molar-refractivity contribution in [2.75, 3.05) is 17.3 Å². The van der Waals surface area contributed by atoms with Crippen LogP contribution in [0.1, 0.15) is 0 Å². The van der Waals surface area contributed by atoms with Gasteiger partial charge in [-0.05, 0) is 0 Å². The fourth-order valence-corrected chi connectivity index (χ4v) is 2.10. The number of carbonyl (C=O) groups excluding carboxylic acids is 1. The van der Waals surface area contributed by atoms with Gasteiger partial charge in [-0.2, -0.15) is 0 Å². The molecule has 2 unspecified atom stereocenters. The summed E-state index contributed by atoms with van der Waals surface area (Å²) in [4.78, 5) is 10.6. The van der Waals surface area contributed by atoms with Crippen LogP contribution in [-0.4, -0.2) is 29.5 Å². The molecule has 0 spiro atoms. The Morgan fingerprint density at radius 3 is 2.73 bits per heavy atom. The van der Waals surface area contributed by atoms with Crippen LogP contribution in [0.2, 0.25) is 0 Å². The van der Waals surface area contributed by atoms with Gasteiger partial charge in [-0.25, -0.2) is 4.79 Å². The highest BCUT2D eigenvalue weighted by Crippen LogP contribution is 2.19. The highest BCUT2D eigenvalue weighted by Gasteiger charge is 2.30. The van der Waals surface area contributed by atoms with E-state index in [0.717, 1.165) is 5.33 Å². The number of hydrogen-bond acceptors (Lipinski definition) is 3. The molecule has 0 aromatic heterocycles. The molecule has 3 nitrogen and oxygen atoms in total. The number of ether oxygens (including phenoxy) is 2. The third-order valence-electron chi connectivity index (χ3n) is 1.54. The molecule has 0 bridgehead atoms. The molecule has 0 aromatic rings. The first-order chi connectivity index (χ1) is 5.27. The SMILES string of the molecule is O=C1OCC(CBr)C(CBr)O1. The van der Waals surface area contributed by atoms with E-state index in [1.54, 1.807) is 0 Å². The van der Waals surface area contributed by atoms with Gasteiger partial charge >= 0.3 is 6.16 Å². The monoisotopic (exact) mass is 286 g/mol. The molecule has 1 fully saturated rings. The van der Waals surface area contributed by atoms with Gasteiger partial charge in [0.2, 0.25) is 0 Å². The lowest BCUT2D eigenvalue weighted by Crippen LogP contribution is -2.38. The van der Waals surface area contributed by atoms with Crippen LogP contribution in [0, 0.1) is 5.92 Å². The Kier molecular flexibility index (Phi) is 3.65. The molecule has 2 atom stereocenters. The topological polar surface area (TPSA) is 35.5 Å². The molecular formula is C6H8Br2O3. The molecule has 1 aliphatic heterocycles. The lowest BCUT2D eigenvalue weighted by atomic mass is 10.1. The van der Waals surface area contributed by atoms with Gasteiger partial charge in [0.1, 0.15) is 12.7 Å². The molecule has 0 aliphatic carbocycles. The third-order valence-corrected chi connectivity index (χ3v) is 3.01. The van der Waals surface area contributed by atoms with Crippen molar-refractivity contribution in [3.63, 3.8) is 0 Å². The molecule has 0 amide bonds. The Balaban J connectivity index is 2.48. The summed E-state index contributed by atoms with van der Waals surface area (Å²) in [5, 5.41) is 1.45. The van der Waals surface area contributed by atoms with E-state index in [2.05, 4.69) is 31.9 Å². The zero-order valence-corrected chi connectivity index (χ0v) is 8.93. The zero-order chi connectivity index (χ0) is 8.27. The lowest BCUT2D eigenvalue weighted by molar-refractivity contribution is -0.0420. The van der Waals surface area contributed by atoms with E-state index in [0.29, 0.717) is 11.9 Å². The van der Waals surface area contributed by atoms with Gasteiger partial charge in [0.05, 0.1) is 0 Å². The maximum absolute atomic E-state index is 10.6. The van der Waals surface area contributed by atoms with Gasteiger partial charge in [-0.1, -0.05) is 31.9 Å². The van der Waals surface area contributed by atoms with Gasteiger partial charge in [0.25, 0.3) is 0 Å². The molecule has 1 rings (SSSR count). The fourth-order valence-electron chi connectivity index (χ4n) is 0.838. The summed E-state index contributed by atoms with van der Waals surface area (Å²) in [6.07, 6.45) is -0.623. The van der Waals surface area contributed by atoms with E-state index < -0.39 is 6.16 Å². The quantitative estimate of drug-likeness (QED) is 0.575. The first kappa shape index (κ1) is 9.32. The third kappa shape index (κ3) is 2.33. The number of carbonyl (C=O) groups is 1. The van der Waals surface area contributed by atoms with Crippen molar-refractivity contribution in [3.05, 3.63) is 0 Å². The Morgan fingerprint density at radius 1 is 1.45 bits per heavy atom. The van der Waals surface area contributed by atoms with Gasteiger partial charge in [0.15, 0.2) is 0 Å². The summed E-state index contributed by atoms with van der Waals surface area (Å²) >= 11 is 6.59. The van der Waals surface area contributed by atoms with E-state index in [1.165, 1.54) is 0 Å². The van der Waals surface area contributed by atoms with Crippen LogP contribution in [0.15, 0.2) is 0 Å². The van der Waals surface area contributed by atoms with Crippen LogP contribution in [0.4, 0.5) is 4.79 Å². The van der Waals surface area contributed by atoms with Gasteiger partial charge in [0, 0.05) is 16.6 Å². The molecule has 0 N–H and O–H groups in total. The minimum atomic E-state index is -0.563. The second-order valence-electron chi connectivity index (χ2n) is 2.29. The summed E-state index contributed by atoms with van der Waals surface area (Å²) in [6, 6.07) is 0. The summed E-state index contributed by atoms with van der Waals surface area (Å²) in [5.74, 6) is 0.257. The van der Waals surface area contributed by atoms with Crippen molar-refractivity contribution in [3.8, 4) is 0 Å². The van der Waals surface area contributed by atoms with Crippen LogP contribution in [0.5, 0.6) is 0 Å². The lowest BCUT2D eigenvalue weighted by Gasteiger charge is -2.27. The fraction of sp³-hybridized carbons (Fsp3) is 0.833. The van der Waals surface area contributed by atoms with E-state index >= 15 is 0 Å². The van der Waals surface area contributed by atoms with E-state index in [4.69, 9.17) is 9.47 Å². The summed E-state index contributed by atoms with van der Waals surface area (Å²) in [5.41, 5.74) is 0. The molecular weight excluding hydrogens is 280 g/mol. The molecule has 1 heterocycles. The van der Waals surface area contributed by atoms with Crippen molar-refractivity contribution in [2.24, 2.45) is 5.92 Å². The molecule has 0 aromatic carbocycles. The maximum atomic E-state index is 10.6. The molecule has 11 heavy (non-hydrogen) atoms. The summed E-state index contributed by atoms with van der Waals surface area (Å²) in [7, 11) is 0. The molecule has 1 aliphatic rings. The standard InChI is InChI=1S/C6H8Br2O3/c7-1-4-3-10-6(9)11-5(4)2-8/h4-5H,1-3H2.